The molecule has 0 N–H and O–H groups in total. The first-order chi connectivity index (χ1) is 24.1. The molecule has 3 heterocycles. The first-order valence-corrected chi connectivity index (χ1v) is 21.4. The molecule has 7 aromatic rings. The van der Waals surface area contributed by atoms with Crippen LogP contribution in [0, 0.1) is 25.0 Å². The van der Waals surface area contributed by atoms with Crippen LogP contribution in [0.5, 0.6) is 0 Å². The smallest absolute Gasteiger partial charge is 0.128 e. The molecule has 1 radical (unpaired) electrons. The van der Waals surface area contributed by atoms with Gasteiger partial charge in [0.15, 0.2) is 0 Å². The van der Waals surface area contributed by atoms with Crippen LogP contribution in [0.4, 0.5) is 0 Å². The van der Waals surface area contributed by atoms with Gasteiger partial charge in [-0.25, -0.2) is 0 Å². The maximum absolute atomic E-state index is 6.58. The van der Waals surface area contributed by atoms with E-state index in [4.69, 9.17) is 9.40 Å². The number of aromatic nitrogens is 2. The van der Waals surface area contributed by atoms with Gasteiger partial charge in [0.2, 0.25) is 0 Å². The summed E-state index contributed by atoms with van der Waals surface area (Å²) in [7, 11) is -1.27. The molecule has 4 aromatic carbocycles. The number of rotatable bonds is 6. The van der Waals surface area contributed by atoms with E-state index in [1.54, 1.807) is 0 Å². The number of fused-ring (bicyclic) bond motifs is 3. The Balaban J connectivity index is 0.000000211. The minimum Gasteiger partial charge on any atom is -0.500 e. The molecule has 1 fully saturated rings. The molecule has 0 unspecified atom stereocenters. The normalized spacial score (nSPS) is 13.5. The third kappa shape index (κ3) is 7.58. The average Bonchev–Trinajstić information content (AvgIpc) is 3.82. The number of pyridine rings is 2. The van der Waals surface area contributed by atoms with Crippen molar-refractivity contribution < 1.29 is 24.5 Å². The third-order valence-corrected chi connectivity index (χ3v) is 12.7. The van der Waals surface area contributed by atoms with Gasteiger partial charge in [-0.2, -0.15) is 0 Å². The summed E-state index contributed by atoms with van der Waals surface area (Å²) >= 11 is 0. The molecule has 0 atom stereocenters. The van der Waals surface area contributed by atoms with E-state index in [1.165, 1.54) is 42.0 Å². The molecular weight excluding hydrogens is 817 g/mol. The molecule has 1 aliphatic rings. The van der Waals surface area contributed by atoms with Crippen molar-refractivity contribution in [2.75, 3.05) is 0 Å². The molecule has 1 saturated carbocycles. The summed E-state index contributed by atoms with van der Waals surface area (Å²) in [5.74, 6) is 0.729. The maximum Gasteiger partial charge on any atom is 0.128 e. The summed E-state index contributed by atoms with van der Waals surface area (Å²) in [5.41, 5.74) is 10.8. The van der Waals surface area contributed by atoms with Gasteiger partial charge in [0, 0.05) is 43.4 Å². The zero-order valence-corrected chi connectivity index (χ0v) is 33.9. The van der Waals surface area contributed by atoms with Gasteiger partial charge in [0.1, 0.15) is 5.58 Å². The minimum atomic E-state index is -1.27. The van der Waals surface area contributed by atoms with E-state index in [2.05, 4.69) is 137 Å². The average molecular weight is 863 g/mol. The zero-order valence-electron chi connectivity index (χ0n) is 30.5. The molecule has 8 rings (SSSR count). The Kier molecular flexibility index (Phi) is 10.9. The van der Waals surface area contributed by atoms with E-state index in [9.17, 15) is 0 Å². The van der Waals surface area contributed by atoms with Crippen LogP contribution >= 0.6 is 0 Å². The molecule has 0 aliphatic heterocycles. The summed E-state index contributed by atoms with van der Waals surface area (Å²) in [6.07, 6.45) is 9.34. The SMILES string of the molecule is CC(C)(c1ccnc(-c2[c-]ccc3c2oc2c(-c4ccccc4)cccc23)c1)C1CCCC1.Cc1cc(-c2[c-]cccc2)ncc1[Si](C)(C)C.[Ir]. The summed E-state index contributed by atoms with van der Waals surface area (Å²) in [6.45, 7) is 14.0. The quantitative estimate of drug-likeness (QED) is 0.123. The van der Waals surface area contributed by atoms with Crippen molar-refractivity contribution in [3.63, 3.8) is 0 Å². The van der Waals surface area contributed by atoms with Gasteiger partial charge in [-0.15, -0.1) is 54.1 Å². The van der Waals surface area contributed by atoms with Gasteiger partial charge in [0.25, 0.3) is 0 Å². The van der Waals surface area contributed by atoms with Gasteiger partial charge in [-0.1, -0.05) is 124 Å². The Hall–Kier alpha value is -4.15. The van der Waals surface area contributed by atoms with Crippen molar-refractivity contribution in [1.29, 1.82) is 0 Å². The summed E-state index contributed by atoms with van der Waals surface area (Å²) < 4.78 is 6.58. The molecule has 0 amide bonds. The maximum atomic E-state index is 6.58. The van der Waals surface area contributed by atoms with Gasteiger partial charge in [-0.3, -0.25) is 0 Å². The molecule has 5 heteroatoms. The van der Waals surface area contributed by atoms with E-state index < -0.39 is 8.07 Å². The first kappa shape index (κ1) is 36.6. The van der Waals surface area contributed by atoms with Crippen LogP contribution in [0.25, 0.3) is 55.6 Å². The van der Waals surface area contributed by atoms with Crippen LogP contribution in [-0.4, -0.2) is 18.0 Å². The Labute approximate surface area is 317 Å². The van der Waals surface area contributed by atoms with Crippen molar-refractivity contribution in [2.45, 2.75) is 71.5 Å². The fourth-order valence-electron chi connectivity index (χ4n) is 7.69. The van der Waals surface area contributed by atoms with E-state index in [0.29, 0.717) is 0 Å². The summed E-state index contributed by atoms with van der Waals surface area (Å²) in [5, 5.41) is 3.68. The number of hydrogen-bond acceptors (Lipinski definition) is 3. The van der Waals surface area contributed by atoms with Crippen molar-refractivity contribution >= 4 is 35.2 Å². The monoisotopic (exact) mass is 863 g/mol. The molecule has 51 heavy (non-hydrogen) atoms. The van der Waals surface area contributed by atoms with Crippen molar-refractivity contribution in [3.05, 3.63) is 139 Å². The van der Waals surface area contributed by atoms with Crippen LogP contribution in [0.15, 0.2) is 120 Å². The minimum absolute atomic E-state index is 0. The number of hydrogen-bond donors (Lipinski definition) is 0. The summed E-state index contributed by atoms with van der Waals surface area (Å²) in [6, 6.07) is 42.2. The largest absolute Gasteiger partial charge is 0.500 e. The Morgan fingerprint density at radius 3 is 2.20 bits per heavy atom. The number of nitrogens with zero attached hydrogens (tertiary/aromatic N) is 2. The van der Waals surface area contributed by atoms with Gasteiger partial charge < -0.3 is 14.4 Å². The topological polar surface area (TPSA) is 38.9 Å². The van der Waals surface area contributed by atoms with Crippen molar-refractivity contribution in [3.8, 4) is 33.6 Å². The molecular formula is C46H46IrN2OSi-2. The van der Waals surface area contributed by atoms with E-state index in [0.717, 1.165) is 61.5 Å². The third-order valence-electron chi connectivity index (χ3n) is 10.6. The Morgan fingerprint density at radius 2 is 1.49 bits per heavy atom. The number of para-hydroxylation sites is 1. The van der Waals surface area contributed by atoms with Crippen LogP contribution in [-0.2, 0) is 25.5 Å². The second kappa shape index (κ2) is 15.2. The first-order valence-electron chi connectivity index (χ1n) is 17.9. The number of aryl methyl sites for hydroxylation is 1. The molecule has 3 nitrogen and oxygen atoms in total. The van der Waals surface area contributed by atoms with Gasteiger partial charge in [0.05, 0.1) is 13.7 Å². The van der Waals surface area contributed by atoms with Crippen molar-refractivity contribution in [1.82, 2.24) is 9.97 Å². The van der Waals surface area contributed by atoms with Crippen LogP contribution < -0.4 is 5.19 Å². The van der Waals surface area contributed by atoms with Gasteiger partial charge in [-0.05, 0) is 64.9 Å². The summed E-state index contributed by atoms with van der Waals surface area (Å²) in [4.78, 5) is 9.34. The number of benzene rings is 4. The number of furan rings is 1. The van der Waals surface area contributed by atoms with E-state index in [1.807, 2.05) is 36.5 Å². The fraction of sp³-hybridized carbons (Fsp3) is 0.261. The molecule has 1 aliphatic carbocycles. The Bertz CT molecular complexity index is 2250. The standard InChI is InChI=1S/C31H28NO.C15H18NSi.Ir/c1-31(2,22-12-6-7-13-22)23-18-19-32-28(20-23)27-17-9-16-26-25-15-8-14-24(29(25)33-30(26)27)21-10-4-3-5-11-21;1-12-10-14(13-8-6-5-7-9-13)16-11-15(12)17(2,3)4;/h3-5,8-11,14-16,18-20,22H,6-7,12-13H2,1-2H3;5-8,10-11H,1-4H3;/q2*-1;. The van der Waals surface area contributed by atoms with Gasteiger partial charge >= 0.3 is 0 Å². The predicted molar refractivity (Wildman–Crippen MR) is 212 cm³/mol. The predicted octanol–water partition coefficient (Wildman–Crippen LogP) is 12.0. The second-order valence-corrected chi connectivity index (χ2v) is 20.3. The molecule has 0 saturated heterocycles. The van der Waals surface area contributed by atoms with Crippen LogP contribution in [0.1, 0.15) is 50.7 Å². The fourth-order valence-corrected chi connectivity index (χ4v) is 9.40. The van der Waals surface area contributed by atoms with E-state index in [-0.39, 0.29) is 25.5 Å². The van der Waals surface area contributed by atoms with E-state index >= 15 is 0 Å². The molecule has 0 bridgehead atoms. The second-order valence-electron chi connectivity index (χ2n) is 15.3. The Morgan fingerprint density at radius 1 is 0.745 bits per heavy atom. The zero-order chi connectivity index (χ0) is 34.9. The molecule has 3 aromatic heterocycles. The van der Waals surface area contributed by atoms with Crippen LogP contribution in [0.2, 0.25) is 19.6 Å². The van der Waals surface area contributed by atoms with Crippen molar-refractivity contribution in [2.24, 2.45) is 5.92 Å². The molecule has 0 spiro atoms. The molecule has 261 valence electrons. The van der Waals surface area contributed by atoms with Crippen LogP contribution in [0.3, 0.4) is 0 Å².